The first-order valence-corrected chi connectivity index (χ1v) is 7.99. The number of nitrogens with two attached hydrogens (primary N) is 1. The number of benzene rings is 1. The summed E-state index contributed by atoms with van der Waals surface area (Å²) in [7, 11) is 1.48. The van der Waals surface area contributed by atoms with Gasteiger partial charge in [0.05, 0.1) is 17.6 Å². The van der Waals surface area contributed by atoms with Crippen molar-refractivity contribution in [1.29, 1.82) is 0 Å². The number of nitrogen functional groups attached to an aromatic ring is 1. The monoisotopic (exact) mass is 407 g/mol. The average Bonchev–Trinajstić information content (AvgIpc) is 3.28. The summed E-state index contributed by atoms with van der Waals surface area (Å²) in [6.07, 6.45) is 2.13. The van der Waals surface area contributed by atoms with Crippen LogP contribution in [0.2, 0.25) is 0 Å². The number of nitrogens with one attached hydrogen (secondary N) is 2. The van der Waals surface area contributed by atoms with Crippen molar-refractivity contribution in [2.75, 3.05) is 18.4 Å². The number of H-pyrrole nitrogens is 1. The second-order valence-corrected chi connectivity index (χ2v) is 5.43. The maximum absolute atomic E-state index is 11.0. The van der Waals surface area contributed by atoms with E-state index in [1.165, 1.54) is 36.2 Å². The van der Waals surface area contributed by atoms with Gasteiger partial charge in [-0.25, -0.2) is 0 Å². The molecular formula is C16H18ClN7O4. The first kappa shape index (κ1) is 20.7. The Morgan fingerprint density at radius 2 is 2.25 bits per heavy atom. The Balaban J connectivity index is 0.00000280. The van der Waals surface area contributed by atoms with Gasteiger partial charge < -0.3 is 21.6 Å². The Bertz CT molecular complexity index is 999. The van der Waals surface area contributed by atoms with Crippen LogP contribution in [0.25, 0.3) is 11.3 Å². The number of nitrogens with zero attached hydrogens (tertiary/aromatic N) is 4. The van der Waals surface area contributed by atoms with E-state index in [4.69, 9.17) is 15.0 Å². The number of hydrazone groups is 1. The summed E-state index contributed by atoms with van der Waals surface area (Å²) in [4.78, 5) is 10.5. The summed E-state index contributed by atoms with van der Waals surface area (Å²) < 4.78 is 12.3. The molecule has 0 saturated heterocycles. The first-order valence-electron chi connectivity index (χ1n) is 7.99. The maximum atomic E-state index is 11.0. The van der Waals surface area contributed by atoms with Gasteiger partial charge in [-0.15, -0.1) is 9.78 Å². The number of furan rings is 1. The lowest BCUT2D eigenvalue weighted by atomic mass is 10.1. The fourth-order valence-corrected chi connectivity index (χ4v) is 2.40. The van der Waals surface area contributed by atoms with E-state index in [1.807, 2.05) is 6.92 Å². The number of nitro benzene ring substituents is 1. The number of nitro groups is 1. The quantitative estimate of drug-likeness (QED) is 0.143. The number of hydrogen-bond donors (Lipinski definition) is 3. The maximum Gasteiger partial charge on any atom is 0.421 e. The van der Waals surface area contributed by atoms with E-state index in [0.717, 1.165) is 5.82 Å². The highest BCUT2D eigenvalue weighted by atomic mass is 35.5. The van der Waals surface area contributed by atoms with Gasteiger partial charge in [-0.05, 0) is 18.2 Å². The first-order chi connectivity index (χ1) is 13.0. The number of methoxy groups -OCH3 is 1. The minimum Gasteiger partial charge on any atom is -1.00 e. The third kappa shape index (κ3) is 4.20. The number of aromatic nitrogens is 3. The molecular weight excluding hydrogens is 390 g/mol. The molecule has 0 aliphatic heterocycles. The van der Waals surface area contributed by atoms with Gasteiger partial charge in [0.25, 0.3) is 5.69 Å². The van der Waals surface area contributed by atoms with Crippen LogP contribution in [-0.4, -0.2) is 28.4 Å². The molecule has 0 spiro atoms. The predicted octanol–water partition coefficient (Wildman–Crippen LogP) is -1.40. The van der Waals surface area contributed by atoms with Gasteiger partial charge >= 0.3 is 5.95 Å². The predicted molar refractivity (Wildman–Crippen MR) is 96.9 cm³/mol. The van der Waals surface area contributed by atoms with Crippen molar-refractivity contribution < 1.29 is 31.2 Å². The Kier molecular flexibility index (Phi) is 6.55. The number of halogens is 1. The topological polar surface area (TPSA) is 148 Å². The van der Waals surface area contributed by atoms with Crippen LogP contribution in [0, 0.1) is 10.1 Å². The number of ether oxygens (including phenoxy) is 1. The van der Waals surface area contributed by atoms with Crippen molar-refractivity contribution in [3.63, 3.8) is 0 Å². The van der Waals surface area contributed by atoms with Gasteiger partial charge in [-0.3, -0.25) is 16.0 Å². The molecule has 12 heteroatoms. The molecule has 0 fully saturated rings. The fraction of sp³-hybridized carbons (Fsp3) is 0.188. The minimum atomic E-state index is -0.478. The molecule has 4 N–H and O–H groups in total. The molecule has 0 aliphatic carbocycles. The Morgan fingerprint density at radius 3 is 2.89 bits per heavy atom. The molecule has 148 valence electrons. The SMILES string of the molecule is CCc1[nH]nc(NN=Cc2ccc(-c3cc([N+](=O)[O-])ccc3OC)o2)[n+]1N.[Cl-]. The highest BCUT2D eigenvalue weighted by Crippen LogP contribution is 2.34. The van der Waals surface area contributed by atoms with Crippen LogP contribution in [-0.2, 0) is 6.42 Å². The van der Waals surface area contributed by atoms with Crippen molar-refractivity contribution in [3.05, 3.63) is 52.0 Å². The van der Waals surface area contributed by atoms with Crippen LogP contribution >= 0.6 is 0 Å². The summed E-state index contributed by atoms with van der Waals surface area (Å²) in [5.41, 5.74) is 3.12. The third-order valence-corrected chi connectivity index (χ3v) is 3.79. The smallest absolute Gasteiger partial charge is 0.421 e. The number of anilines is 1. The molecule has 0 bridgehead atoms. The molecule has 2 aromatic heterocycles. The molecule has 0 unspecified atom stereocenters. The van der Waals surface area contributed by atoms with E-state index in [1.54, 1.807) is 12.1 Å². The van der Waals surface area contributed by atoms with Crippen LogP contribution in [0.15, 0.2) is 39.9 Å². The zero-order valence-corrected chi connectivity index (χ0v) is 15.8. The fourth-order valence-electron chi connectivity index (χ4n) is 2.40. The van der Waals surface area contributed by atoms with Crippen molar-refractivity contribution in [1.82, 2.24) is 10.2 Å². The molecule has 28 heavy (non-hydrogen) atoms. The molecule has 0 radical (unpaired) electrons. The summed E-state index contributed by atoms with van der Waals surface area (Å²) in [5, 5.41) is 21.8. The van der Waals surface area contributed by atoms with Gasteiger partial charge in [0, 0.05) is 23.7 Å². The van der Waals surface area contributed by atoms with Gasteiger partial charge in [0.2, 0.25) is 5.82 Å². The van der Waals surface area contributed by atoms with E-state index in [-0.39, 0.29) is 18.1 Å². The highest BCUT2D eigenvalue weighted by molar-refractivity contribution is 5.79. The van der Waals surface area contributed by atoms with E-state index in [0.29, 0.717) is 35.2 Å². The van der Waals surface area contributed by atoms with E-state index < -0.39 is 4.92 Å². The van der Waals surface area contributed by atoms with Gasteiger partial charge in [-0.1, -0.05) is 6.92 Å². The van der Waals surface area contributed by atoms with Crippen LogP contribution in [0.4, 0.5) is 11.6 Å². The van der Waals surface area contributed by atoms with E-state index in [9.17, 15) is 10.1 Å². The van der Waals surface area contributed by atoms with Crippen LogP contribution in [0.3, 0.4) is 0 Å². The van der Waals surface area contributed by atoms with Crippen LogP contribution < -0.4 is 33.1 Å². The molecule has 11 nitrogen and oxygen atoms in total. The van der Waals surface area contributed by atoms with Crippen LogP contribution in [0.1, 0.15) is 18.5 Å². The number of non-ortho nitro benzene ring substituents is 1. The highest BCUT2D eigenvalue weighted by Gasteiger charge is 2.16. The van der Waals surface area contributed by atoms with Gasteiger partial charge in [0.1, 0.15) is 23.5 Å². The van der Waals surface area contributed by atoms with Crippen molar-refractivity contribution in [2.24, 2.45) is 5.10 Å². The second kappa shape index (κ2) is 8.86. The number of hydrogen-bond acceptors (Lipinski definition) is 8. The van der Waals surface area contributed by atoms with Crippen molar-refractivity contribution in [3.8, 4) is 17.1 Å². The van der Waals surface area contributed by atoms with Crippen molar-refractivity contribution in [2.45, 2.75) is 13.3 Å². The molecule has 0 atom stereocenters. The number of aryl methyl sites for hydroxylation is 1. The van der Waals surface area contributed by atoms with Crippen molar-refractivity contribution >= 4 is 17.9 Å². The van der Waals surface area contributed by atoms with E-state index >= 15 is 0 Å². The Labute approximate surface area is 165 Å². The molecule has 1 aromatic carbocycles. The lowest BCUT2D eigenvalue weighted by Gasteiger charge is -2.05. The number of rotatable bonds is 7. The molecule has 3 aromatic rings. The minimum absolute atomic E-state index is 0. The summed E-state index contributed by atoms with van der Waals surface area (Å²) in [6.45, 7) is 1.94. The van der Waals surface area contributed by atoms with Gasteiger partial charge in [-0.2, -0.15) is 10.5 Å². The lowest BCUT2D eigenvalue weighted by molar-refractivity contribution is -0.632. The third-order valence-electron chi connectivity index (χ3n) is 3.79. The molecule has 0 aliphatic rings. The Morgan fingerprint density at radius 1 is 1.46 bits per heavy atom. The lowest BCUT2D eigenvalue weighted by Crippen LogP contribution is -3.00. The molecule has 2 heterocycles. The molecule has 3 rings (SSSR count). The summed E-state index contributed by atoms with van der Waals surface area (Å²) in [6, 6.07) is 7.64. The standard InChI is InChI=1S/C16H17N7O4.ClH/c1-3-15-19-21-16(22(15)17)20-18-9-11-5-7-14(27-11)12-8-10(23(24)25)4-6-13(12)26-2;/h4-9H,3,17H2,1-2H3,(H,20,21);1H. The van der Waals surface area contributed by atoms with Crippen LogP contribution in [0.5, 0.6) is 5.75 Å². The molecule has 0 amide bonds. The zero-order valence-electron chi connectivity index (χ0n) is 15.0. The number of aromatic amines is 1. The summed E-state index contributed by atoms with van der Waals surface area (Å²) in [5.74, 6) is 8.23. The van der Waals surface area contributed by atoms with Gasteiger partial charge in [0.15, 0.2) is 0 Å². The van der Waals surface area contributed by atoms with E-state index in [2.05, 4.69) is 20.7 Å². The normalized spacial score (nSPS) is 10.6. The largest absolute Gasteiger partial charge is 1.00 e. The molecule has 0 saturated carbocycles. The average molecular weight is 408 g/mol. The Hall–Kier alpha value is -3.60. The second-order valence-electron chi connectivity index (χ2n) is 5.43. The summed E-state index contributed by atoms with van der Waals surface area (Å²) >= 11 is 0. The zero-order chi connectivity index (χ0) is 19.4.